The molecule has 1 aromatic heterocycles. The minimum atomic E-state index is 0.750. The third-order valence-electron chi connectivity index (χ3n) is 4.38. The van der Waals surface area contributed by atoms with Crippen LogP contribution in [-0.4, -0.2) is 42.1 Å². The summed E-state index contributed by atoms with van der Waals surface area (Å²) in [7, 11) is 0. The van der Waals surface area contributed by atoms with E-state index in [9.17, 15) is 0 Å². The molecule has 0 amide bonds. The molecule has 1 atom stereocenters. The predicted molar refractivity (Wildman–Crippen MR) is 83.0 cm³/mol. The van der Waals surface area contributed by atoms with Gasteiger partial charge in [0.05, 0.1) is 0 Å². The first-order chi connectivity index (χ1) is 9.28. The van der Waals surface area contributed by atoms with Crippen LogP contribution in [0.25, 0.3) is 0 Å². The number of nitrogens with zero attached hydrogens (tertiary/aromatic N) is 3. The summed E-state index contributed by atoms with van der Waals surface area (Å²) in [5.74, 6) is 1.19. The van der Waals surface area contributed by atoms with Crippen molar-refractivity contribution in [3.8, 4) is 0 Å². The zero-order chi connectivity index (χ0) is 13.2. The van der Waals surface area contributed by atoms with E-state index in [1.807, 2.05) is 6.20 Å². The molecule has 0 aromatic carbocycles. The Labute approximate surface area is 124 Å². The summed E-state index contributed by atoms with van der Waals surface area (Å²) < 4.78 is 0. The van der Waals surface area contributed by atoms with E-state index in [0.717, 1.165) is 24.5 Å². The third kappa shape index (κ3) is 2.79. The van der Waals surface area contributed by atoms with E-state index in [4.69, 9.17) is 0 Å². The number of likely N-dealkylation sites (tertiary alicyclic amines) is 1. The molecule has 4 heteroatoms. The molecule has 3 rings (SSSR count). The fourth-order valence-corrected chi connectivity index (χ4v) is 3.68. The standard InChI is InChI=1S/C15H22BrN3/c1-12-8-13(9-16)10-17-15(12)19-7-4-14(11-19)18-5-2-3-6-18/h8,10,14H,2-7,9,11H2,1H3. The summed E-state index contributed by atoms with van der Waals surface area (Å²) in [5, 5.41) is 0.886. The minimum Gasteiger partial charge on any atom is -0.355 e. The maximum absolute atomic E-state index is 4.67. The number of rotatable bonds is 3. The number of hydrogen-bond donors (Lipinski definition) is 0. The molecule has 1 aromatic rings. The van der Waals surface area contributed by atoms with Crippen LogP contribution >= 0.6 is 15.9 Å². The molecule has 0 aliphatic carbocycles. The second kappa shape index (κ2) is 5.80. The van der Waals surface area contributed by atoms with Crippen LogP contribution in [0.2, 0.25) is 0 Å². The van der Waals surface area contributed by atoms with Gasteiger partial charge >= 0.3 is 0 Å². The highest BCUT2D eigenvalue weighted by atomic mass is 79.9. The van der Waals surface area contributed by atoms with Crippen molar-refractivity contribution in [2.75, 3.05) is 31.1 Å². The molecule has 2 aliphatic rings. The van der Waals surface area contributed by atoms with Gasteiger partial charge < -0.3 is 4.90 Å². The van der Waals surface area contributed by atoms with Gasteiger partial charge in [-0.3, -0.25) is 4.90 Å². The van der Waals surface area contributed by atoms with Crippen molar-refractivity contribution >= 4 is 21.7 Å². The van der Waals surface area contributed by atoms with Crippen LogP contribution in [0.1, 0.15) is 30.4 Å². The van der Waals surface area contributed by atoms with Crippen LogP contribution in [0.3, 0.4) is 0 Å². The highest BCUT2D eigenvalue weighted by Crippen LogP contribution is 2.26. The van der Waals surface area contributed by atoms with Crippen LogP contribution in [0.5, 0.6) is 0 Å². The topological polar surface area (TPSA) is 19.4 Å². The maximum atomic E-state index is 4.67. The molecule has 19 heavy (non-hydrogen) atoms. The Balaban J connectivity index is 1.70. The number of alkyl halides is 1. The summed E-state index contributed by atoms with van der Waals surface area (Å²) in [4.78, 5) is 9.81. The first-order valence-electron chi connectivity index (χ1n) is 7.28. The van der Waals surface area contributed by atoms with Gasteiger partial charge in [0, 0.05) is 30.7 Å². The number of halogens is 1. The van der Waals surface area contributed by atoms with Gasteiger partial charge in [0.1, 0.15) is 5.82 Å². The van der Waals surface area contributed by atoms with Gasteiger partial charge in [-0.15, -0.1) is 0 Å². The summed E-state index contributed by atoms with van der Waals surface area (Å²) >= 11 is 3.49. The fraction of sp³-hybridized carbons (Fsp3) is 0.667. The zero-order valence-corrected chi connectivity index (χ0v) is 13.2. The molecular weight excluding hydrogens is 302 g/mol. The molecule has 0 bridgehead atoms. The van der Waals surface area contributed by atoms with Crippen molar-refractivity contribution in [3.05, 3.63) is 23.4 Å². The number of pyridine rings is 1. The van der Waals surface area contributed by atoms with Gasteiger partial charge in [-0.1, -0.05) is 22.0 Å². The molecule has 2 saturated heterocycles. The Morgan fingerprint density at radius 3 is 2.79 bits per heavy atom. The van der Waals surface area contributed by atoms with Gasteiger partial charge in [0.15, 0.2) is 0 Å². The molecule has 0 spiro atoms. The van der Waals surface area contributed by atoms with Gasteiger partial charge in [0.25, 0.3) is 0 Å². The van der Waals surface area contributed by atoms with Gasteiger partial charge in [0.2, 0.25) is 0 Å². The lowest BCUT2D eigenvalue weighted by molar-refractivity contribution is 0.260. The van der Waals surface area contributed by atoms with Crippen LogP contribution in [-0.2, 0) is 5.33 Å². The van der Waals surface area contributed by atoms with Gasteiger partial charge in [-0.25, -0.2) is 4.98 Å². The average molecular weight is 324 g/mol. The first-order valence-corrected chi connectivity index (χ1v) is 8.40. The highest BCUT2D eigenvalue weighted by Gasteiger charge is 2.30. The molecule has 104 valence electrons. The van der Waals surface area contributed by atoms with Crippen molar-refractivity contribution in [2.45, 2.75) is 37.6 Å². The Hall–Kier alpha value is -0.610. The molecular formula is C15H22BrN3. The summed E-state index contributed by atoms with van der Waals surface area (Å²) in [6.07, 6.45) is 6.06. The smallest absolute Gasteiger partial charge is 0.131 e. The third-order valence-corrected chi connectivity index (χ3v) is 5.03. The van der Waals surface area contributed by atoms with Crippen LogP contribution in [0.4, 0.5) is 5.82 Å². The van der Waals surface area contributed by atoms with Crippen molar-refractivity contribution in [2.24, 2.45) is 0 Å². The fourth-order valence-electron chi connectivity index (χ4n) is 3.37. The number of anilines is 1. The van der Waals surface area contributed by atoms with Crippen molar-refractivity contribution in [1.82, 2.24) is 9.88 Å². The normalized spacial score (nSPS) is 24.3. The van der Waals surface area contributed by atoms with Crippen molar-refractivity contribution < 1.29 is 0 Å². The van der Waals surface area contributed by atoms with E-state index < -0.39 is 0 Å². The Morgan fingerprint density at radius 2 is 2.11 bits per heavy atom. The van der Waals surface area contributed by atoms with E-state index in [-0.39, 0.29) is 0 Å². The molecule has 0 radical (unpaired) electrons. The average Bonchev–Trinajstić information content (AvgIpc) is 3.09. The number of aromatic nitrogens is 1. The quantitative estimate of drug-likeness (QED) is 0.797. The predicted octanol–water partition coefficient (Wildman–Crippen LogP) is 2.96. The Kier molecular flexibility index (Phi) is 4.08. The molecule has 2 aliphatic heterocycles. The Morgan fingerprint density at radius 1 is 1.32 bits per heavy atom. The van der Waals surface area contributed by atoms with Crippen LogP contribution in [0.15, 0.2) is 12.3 Å². The van der Waals surface area contributed by atoms with E-state index in [1.54, 1.807) is 0 Å². The first kappa shape index (κ1) is 13.4. The minimum absolute atomic E-state index is 0.750. The molecule has 0 N–H and O–H groups in total. The molecule has 3 nitrogen and oxygen atoms in total. The SMILES string of the molecule is Cc1cc(CBr)cnc1N1CCC(N2CCCC2)C1. The molecule has 3 heterocycles. The van der Waals surface area contributed by atoms with Crippen molar-refractivity contribution in [3.63, 3.8) is 0 Å². The molecule has 2 fully saturated rings. The van der Waals surface area contributed by atoms with E-state index >= 15 is 0 Å². The number of hydrogen-bond acceptors (Lipinski definition) is 3. The maximum Gasteiger partial charge on any atom is 0.131 e. The lowest BCUT2D eigenvalue weighted by Crippen LogP contribution is -2.35. The van der Waals surface area contributed by atoms with Crippen LogP contribution < -0.4 is 4.90 Å². The second-order valence-corrected chi connectivity index (χ2v) is 6.31. The van der Waals surface area contributed by atoms with E-state index in [0.29, 0.717) is 0 Å². The zero-order valence-electron chi connectivity index (χ0n) is 11.6. The second-order valence-electron chi connectivity index (χ2n) is 5.75. The monoisotopic (exact) mass is 323 g/mol. The summed E-state index contributed by atoms with van der Waals surface area (Å²) in [6, 6.07) is 3.00. The lowest BCUT2D eigenvalue weighted by atomic mass is 10.2. The van der Waals surface area contributed by atoms with E-state index in [2.05, 4.69) is 43.7 Å². The summed E-state index contributed by atoms with van der Waals surface area (Å²) in [6.45, 7) is 7.09. The van der Waals surface area contributed by atoms with Crippen molar-refractivity contribution in [1.29, 1.82) is 0 Å². The van der Waals surface area contributed by atoms with E-state index in [1.165, 1.54) is 49.3 Å². The van der Waals surface area contributed by atoms with Gasteiger partial charge in [-0.2, -0.15) is 0 Å². The largest absolute Gasteiger partial charge is 0.355 e. The van der Waals surface area contributed by atoms with Crippen LogP contribution in [0, 0.1) is 6.92 Å². The summed E-state index contributed by atoms with van der Waals surface area (Å²) in [5.41, 5.74) is 2.57. The molecule has 0 saturated carbocycles. The highest BCUT2D eigenvalue weighted by molar-refractivity contribution is 9.08. The molecule has 1 unspecified atom stereocenters. The van der Waals surface area contributed by atoms with Gasteiger partial charge in [-0.05, 0) is 50.4 Å². The lowest BCUT2D eigenvalue weighted by Gasteiger charge is -2.24. The Bertz CT molecular complexity index is 443. The number of aryl methyl sites for hydroxylation is 1.